The van der Waals surface area contributed by atoms with Crippen molar-refractivity contribution in [3.8, 4) is 0 Å². The summed E-state index contributed by atoms with van der Waals surface area (Å²) in [5.74, 6) is 0.220. The minimum Gasteiger partial charge on any atom is -0.481 e. The van der Waals surface area contributed by atoms with Crippen LogP contribution in [0.4, 0.5) is 4.39 Å². The van der Waals surface area contributed by atoms with Crippen LogP contribution < -0.4 is 0 Å². The molecule has 1 heterocycles. The zero-order valence-electron chi connectivity index (χ0n) is 11.4. The van der Waals surface area contributed by atoms with Gasteiger partial charge in [0.05, 0.1) is 0 Å². The first-order chi connectivity index (χ1) is 9.65. The molecule has 1 aliphatic heterocycles. The SMILES string of the molecule is O=C(O)CC1CCCN(CCSc2ccccc2F)C1. The Bertz CT molecular complexity index is 455. The summed E-state index contributed by atoms with van der Waals surface area (Å²) in [6, 6.07) is 6.81. The Hall–Kier alpha value is -1.07. The van der Waals surface area contributed by atoms with Crippen LogP contribution in [-0.2, 0) is 4.79 Å². The Kier molecular flexibility index (Phi) is 5.86. The molecule has 3 nitrogen and oxygen atoms in total. The average Bonchev–Trinajstić information content (AvgIpc) is 2.41. The number of rotatable bonds is 6. The number of carboxylic acids is 1. The summed E-state index contributed by atoms with van der Waals surface area (Å²) >= 11 is 1.52. The highest BCUT2D eigenvalue weighted by Gasteiger charge is 2.21. The molecule has 1 aliphatic rings. The lowest BCUT2D eigenvalue weighted by atomic mass is 9.95. The zero-order valence-corrected chi connectivity index (χ0v) is 12.2. The van der Waals surface area contributed by atoms with Gasteiger partial charge in [-0.05, 0) is 37.4 Å². The van der Waals surface area contributed by atoms with E-state index in [-0.39, 0.29) is 18.2 Å². The number of aliphatic carboxylic acids is 1. The van der Waals surface area contributed by atoms with Crippen LogP contribution in [0.5, 0.6) is 0 Å². The van der Waals surface area contributed by atoms with E-state index in [1.165, 1.54) is 17.8 Å². The average molecular weight is 297 g/mol. The number of halogens is 1. The summed E-state index contributed by atoms with van der Waals surface area (Å²) in [5.41, 5.74) is 0. The third-order valence-corrected chi connectivity index (χ3v) is 4.60. The van der Waals surface area contributed by atoms with Gasteiger partial charge in [-0.15, -0.1) is 11.8 Å². The van der Waals surface area contributed by atoms with E-state index in [9.17, 15) is 9.18 Å². The van der Waals surface area contributed by atoms with Crippen molar-refractivity contribution < 1.29 is 14.3 Å². The van der Waals surface area contributed by atoms with E-state index in [1.54, 1.807) is 12.1 Å². The second kappa shape index (κ2) is 7.64. The number of hydrogen-bond donors (Lipinski definition) is 1. The van der Waals surface area contributed by atoms with Crippen molar-refractivity contribution >= 4 is 17.7 Å². The molecule has 0 amide bonds. The second-order valence-electron chi connectivity index (χ2n) is 5.19. The standard InChI is InChI=1S/C15H20FNO2S/c16-13-5-1-2-6-14(13)20-9-8-17-7-3-4-12(11-17)10-15(18)19/h1-2,5-6,12H,3-4,7-11H2,(H,18,19). The molecule has 0 saturated carbocycles. The van der Waals surface area contributed by atoms with E-state index in [2.05, 4.69) is 4.90 Å². The van der Waals surface area contributed by atoms with Crippen molar-refractivity contribution in [2.45, 2.75) is 24.2 Å². The van der Waals surface area contributed by atoms with Gasteiger partial charge in [0, 0.05) is 30.2 Å². The fourth-order valence-electron chi connectivity index (χ4n) is 2.61. The number of nitrogens with zero attached hydrogens (tertiary/aromatic N) is 1. The summed E-state index contributed by atoms with van der Waals surface area (Å²) in [7, 11) is 0. The monoisotopic (exact) mass is 297 g/mol. The molecule has 1 N–H and O–H groups in total. The molecule has 0 radical (unpaired) electrons. The van der Waals surface area contributed by atoms with Crippen molar-refractivity contribution in [2.75, 3.05) is 25.4 Å². The van der Waals surface area contributed by atoms with Crippen LogP contribution in [0.15, 0.2) is 29.2 Å². The smallest absolute Gasteiger partial charge is 0.303 e. The Balaban J connectivity index is 1.74. The van der Waals surface area contributed by atoms with Crippen molar-refractivity contribution in [3.63, 3.8) is 0 Å². The summed E-state index contributed by atoms with van der Waals surface area (Å²) < 4.78 is 13.5. The molecular weight excluding hydrogens is 277 g/mol. The molecule has 0 aromatic heterocycles. The summed E-state index contributed by atoms with van der Waals surface area (Å²) in [6.07, 6.45) is 2.32. The summed E-state index contributed by atoms with van der Waals surface area (Å²) in [4.78, 5) is 13.7. The van der Waals surface area contributed by atoms with Crippen LogP contribution in [-0.4, -0.2) is 41.4 Å². The van der Waals surface area contributed by atoms with Crippen LogP contribution in [0.1, 0.15) is 19.3 Å². The number of likely N-dealkylation sites (tertiary alicyclic amines) is 1. The van der Waals surface area contributed by atoms with E-state index in [4.69, 9.17) is 5.11 Å². The Labute approximate surface area is 123 Å². The number of piperidine rings is 1. The highest BCUT2D eigenvalue weighted by atomic mass is 32.2. The highest BCUT2D eigenvalue weighted by Crippen LogP contribution is 2.23. The molecule has 0 bridgehead atoms. The molecule has 5 heteroatoms. The topological polar surface area (TPSA) is 40.5 Å². The first kappa shape index (κ1) is 15.3. The fourth-order valence-corrected chi connectivity index (χ4v) is 3.56. The number of hydrogen-bond acceptors (Lipinski definition) is 3. The minimum absolute atomic E-state index is 0.167. The van der Waals surface area contributed by atoms with E-state index in [0.29, 0.717) is 4.90 Å². The van der Waals surface area contributed by atoms with Gasteiger partial charge < -0.3 is 10.0 Å². The first-order valence-corrected chi connectivity index (χ1v) is 7.95. The summed E-state index contributed by atoms with van der Waals surface area (Å²) in [6.45, 7) is 2.76. The van der Waals surface area contributed by atoms with Crippen molar-refractivity contribution in [2.24, 2.45) is 5.92 Å². The Morgan fingerprint density at radius 2 is 2.25 bits per heavy atom. The van der Waals surface area contributed by atoms with Gasteiger partial charge >= 0.3 is 5.97 Å². The lowest BCUT2D eigenvalue weighted by molar-refractivity contribution is -0.138. The Morgan fingerprint density at radius 3 is 3.00 bits per heavy atom. The van der Waals surface area contributed by atoms with Gasteiger partial charge in [0.1, 0.15) is 5.82 Å². The maximum atomic E-state index is 13.5. The van der Waals surface area contributed by atoms with E-state index >= 15 is 0 Å². The number of carbonyl (C=O) groups is 1. The normalized spacial score (nSPS) is 19.9. The molecule has 1 saturated heterocycles. The van der Waals surface area contributed by atoms with Crippen LogP contribution >= 0.6 is 11.8 Å². The van der Waals surface area contributed by atoms with Gasteiger partial charge in [-0.2, -0.15) is 0 Å². The van der Waals surface area contributed by atoms with Gasteiger partial charge in [0.25, 0.3) is 0 Å². The third-order valence-electron chi connectivity index (χ3n) is 3.57. The highest BCUT2D eigenvalue weighted by molar-refractivity contribution is 7.99. The van der Waals surface area contributed by atoms with Crippen LogP contribution in [0.2, 0.25) is 0 Å². The number of carboxylic acid groups (broad SMARTS) is 1. The lowest BCUT2D eigenvalue weighted by Crippen LogP contribution is -2.37. The number of benzene rings is 1. The van der Waals surface area contributed by atoms with Crippen molar-refractivity contribution in [3.05, 3.63) is 30.1 Å². The molecule has 0 spiro atoms. The van der Waals surface area contributed by atoms with Gasteiger partial charge in [-0.1, -0.05) is 12.1 Å². The van der Waals surface area contributed by atoms with Crippen LogP contribution in [0, 0.1) is 11.7 Å². The molecule has 20 heavy (non-hydrogen) atoms. The minimum atomic E-state index is -0.711. The molecule has 110 valence electrons. The molecule has 0 aliphatic carbocycles. The fraction of sp³-hybridized carbons (Fsp3) is 0.533. The predicted molar refractivity (Wildman–Crippen MR) is 78.5 cm³/mol. The maximum Gasteiger partial charge on any atom is 0.303 e. The second-order valence-corrected chi connectivity index (χ2v) is 6.32. The van der Waals surface area contributed by atoms with E-state index in [0.717, 1.165) is 38.2 Å². The zero-order chi connectivity index (χ0) is 14.4. The third kappa shape index (κ3) is 4.80. The molecule has 1 atom stereocenters. The largest absolute Gasteiger partial charge is 0.481 e. The Morgan fingerprint density at radius 1 is 1.45 bits per heavy atom. The summed E-state index contributed by atoms with van der Waals surface area (Å²) in [5, 5.41) is 8.84. The van der Waals surface area contributed by atoms with Gasteiger partial charge in [-0.3, -0.25) is 4.79 Å². The predicted octanol–water partition coefficient (Wildman–Crippen LogP) is 3.10. The molecular formula is C15H20FNO2S. The molecule has 1 aromatic carbocycles. The first-order valence-electron chi connectivity index (χ1n) is 6.96. The van der Waals surface area contributed by atoms with Gasteiger partial charge in [0.2, 0.25) is 0 Å². The van der Waals surface area contributed by atoms with E-state index in [1.807, 2.05) is 6.07 Å². The maximum absolute atomic E-state index is 13.5. The van der Waals surface area contributed by atoms with Gasteiger partial charge in [0.15, 0.2) is 0 Å². The van der Waals surface area contributed by atoms with Crippen LogP contribution in [0.3, 0.4) is 0 Å². The number of thioether (sulfide) groups is 1. The van der Waals surface area contributed by atoms with Crippen molar-refractivity contribution in [1.29, 1.82) is 0 Å². The van der Waals surface area contributed by atoms with Crippen molar-refractivity contribution in [1.82, 2.24) is 4.90 Å². The molecule has 2 rings (SSSR count). The molecule has 1 fully saturated rings. The lowest BCUT2D eigenvalue weighted by Gasteiger charge is -2.31. The quantitative estimate of drug-likeness (QED) is 0.819. The molecule has 1 unspecified atom stereocenters. The van der Waals surface area contributed by atoms with Gasteiger partial charge in [-0.25, -0.2) is 4.39 Å². The molecule has 1 aromatic rings. The van der Waals surface area contributed by atoms with Crippen LogP contribution in [0.25, 0.3) is 0 Å². The van der Waals surface area contributed by atoms with E-state index < -0.39 is 5.97 Å².